The number of nitrogens with zero attached hydrogens (tertiary/aromatic N) is 2. The van der Waals surface area contributed by atoms with Crippen molar-refractivity contribution >= 4 is 40.5 Å². The first-order chi connectivity index (χ1) is 14.9. The van der Waals surface area contributed by atoms with Gasteiger partial charge in [0.15, 0.2) is 5.69 Å². The van der Waals surface area contributed by atoms with Crippen LogP contribution in [-0.2, 0) is 4.74 Å². The van der Waals surface area contributed by atoms with Crippen molar-refractivity contribution in [3.63, 3.8) is 0 Å². The van der Waals surface area contributed by atoms with Gasteiger partial charge < -0.3 is 4.74 Å². The second-order valence-electron chi connectivity index (χ2n) is 6.76. The number of imidazole rings is 1. The van der Waals surface area contributed by atoms with Crippen LogP contribution in [0, 0.1) is 12.7 Å². The van der Waals surface area contributed by atoms with E-state index in [1.807, 2.05) is 34.4 Å². The quantitative estimate of drug-likeness (QED) is 0.287. The third-order valence-corrected chi connectivity index (χ3v) is 5.94. The van der Waals surface area contributed by atoms with Crippen molar-refractivity contribution in [2.24, 2.45) is 0 Å². The van der Waals surface area contributed by atoms with E-state index >= 15 is 0 Å². The number of rotatable bonds is 5. The van der Waals surface area contributed by atoms with Gasteiger partial charge >= 0.3 is 5.97 Å². The van der Waals surface area contributed by atoms with Crippen molar-refractivity contribution in [2.45, 2.75) is 13.8 Å². The Bertz CT molecular complexity index is 1270. The van der Waals surface area contributed by atoms with E-state index in [1.165, 1.54) is 23.5 Å². The number of carbonyl (C=O) groups is 1. The first-order valence-electron chi connectivity index (χ1n) is 9.45. The van der Waals surface area contributed by atoms with E-state index in [2.05, 4.69) is 4.98 Å². The maximum absolute atomic E-state index is 13.9. The van der Waals surface area contributed by atoms with Crippen LogP contribution in [0.3, 0.4) is 0 Å². The van der Waals surface area contributed by atoms with Crippen LogP contribution in [0.25, 0.3) is 28.3 Å². The summed E-state index contributed by atoms with van der Waals surface area (Å²) < 4.78 is 21.0. The molecule has 158 valence electrons. The number of aromatic nitrogens is 2. The molecule has 0 bridgehead atoms. The van der Waals surface area contributed by atoms with Gasteiger partial charge in [-0.1, -0.05) is 29.3 Å². The second kappa shape index (κ2) is 8.83. The molecule has 0 saturated carbocycles. The van der Waals surface area contributed by atoms with Crippen LogP contribution >= 0.6 is 34.5 Å². The lowest BCUT2D eigenvalue weighted by Gasteiger charge is -2.16. The Morgan fingerprint density at radius 1 is 1.16 bits per heavy atom. The number of halogens is 3. The molecule has 0 aliphatic rings. The molecule has 2 aromatic heterocycles. The van der Waals surface area contributed by atoms with E-state index in [1.54, 1.807) is 25.1 Å². The zero-order chi connectivity index (χ0) is 22.1. The normalized spacial score (nSPS) is 11.0. The molecule has 0 atom stereocenters. The van der Waals surface area contributed by atoms with Gasteiger partial charge in [-0.05, 0) is 61.2 Å². The summed E-state index contributed by atoms with van der Waals surface area (Å²) in [5, 5.41) is 4.35. The Balaban J connectivity index is 2.12. The molecular formula is C23H17Cl2FN2O2S. The lowest BCUT2D eigenvalue weighted by molar-refractivity contribution is 0.0521. The van der Waals surface area contributed by atoms with Crippen LogP contribution in [0.4, 0.5) is 4.39 Å². The first kappa shape index (κ1) is 21.6. The largest absolute Gasteiger partial charge is 0.461 e. The van der Waals surface area contributed by atoms with Crippen LogP contribution in [0.5, 0.6) is 0 Å². The highest BCUT2D eigenvalue weighted by atomic mass is 35.5. The first-order valence-corrected chi connectivity index (χ1v) is 11.1. The summed E-state index contributed by atoms with van der Waals surface area (Å²) in [6.45, 7) is 3.86. The second-order valence-corrected chi connectivity index (χ2v) is 8.38. The van der Waals surface area contributed by atoms with E-state index in [0.717, 1.165) is 16.8 Å². The number of esters is 1. The van der Waals surface area contributed by atoms with Crippen molar-refractivity contribution in [3.05, 3.63) is 80.3 Å². The van der Waals surface area contributed by atoms with Crippen LogP contribution in [0.1, 0.15) is 23.0 Å². The summed E-state index contributed by atoms with van der Waals surface area (Å²) >= 11 is 13.9. The van der Waals surface area contributed by atoms with Gasteiger partial charge in [-0.15, -0.1) is 0 Å². The molecule has 0 radical (unpaired) electrons. The van der Waals surface area contributed by atoms with Gasteiger partial charge in [-0.25, -0.2) is 14.2 Å². The predicted octanol–water partition coefficient (Wildman–Crippen LogP) is 7.20. The van der Waals surface area contributed by atoms with Crippen molar-refractivity contribution in [1.29, 1.82) is 0 Å². The van der Waals surface area contributed by atoms with E-state index in [-0.39, 0.29) is 17.3 Å². The Morgan fingerprint density at radius 2 is 1.97 bits per heavy atom. The molecule has 8 heteroatoms. The topological polar surface area (TPSA) is 44.1 Å². The van der Waals surface area contributed by atoms with Gasteiger partial charge in [-0.2, -0.15) is 11.3 Å². The number of thiophene rings is 1. The number of ether oxygens (including phenoxy) is 1. The summed E-state index contributed by atoms with van der Waals surface area (Å²) in [7, 11) is 0. The third-order valence-electron chi connectivity index (χ3n) is 4.73. The number of hydrogen-bond acceptors (Lipinski definition) is 4. The predicted molar refractivity (Wildman–Crippen MR) is 123 cm³/mol. The smallest absolute Gasteiger partial charge is 0.359 e. The highest BCUT2D eigenvalue weighted by Gasteiger charge is 2.27. The average Bonchev–Trinajstić information content (AvgIpc) is 3.40. The highest BCUT2D eigenvalue weighted by molar-refractivity contribution is 7.08. The highest BCUT2D eigenvalue weighted by Crippen LogP contribution is 2.37. The Kier molecular flexibility index (Phi) is 6.14. The molecule has 0 aliphatic heterocycles. The number of hydrogen-bond donors (Lipinski definition) is 0. The summed E-state index contributed by atoms with van der Waals surface area (Å²) in [6.07, 6.45) is 0. The van der Waals surface area contributed by atoms with Crippen molar-refractivity contribution in [2.75, 3.05) is 6.61 Å². The summed E-state index contributed by atoms with van der Waals surface area (Å²) in [4.78, 5) is 17.5. The summed E-state index contributed by atoms with van der Waals surface area (Å²) in [6, 6.07) is 11.7. The Hall–Kier alpha value is -2.67. The fourth-order valence-electron chi connectivity index (χ4n) is 3.32. The number of carbonyl (C=O) groups excluding carboxylic acids is 1. The molecule has 0 amide bonds. The van der Waals surface area contributed by atoms with E-state index in [0.29, 0.717) is 22.1 Å². The molecule has 0 saturated heterocycles. The van der Waals surface area contributed by atoms with Gasteiger partial charge in [0.25, 0.3) is 0 Å². The zero-order valence-electron chi connectivity index (χ0n) is 16.7. The lowest BCUT2D eigenvalue weighted by atomic mass is 10.1. The minimum Gasteiger partial charge on any atom is -0.461 e. The maximum Gasteiger partial charge on any atom is 0.359 e. The lowest BCUT2D eigenvalue weighted by Crippen LogP contribution is -2.08. The molecule has 0 aliphatic carbocycles. The molecule has 0 unspecified atom stereocenters. The van der Waals surface area contributed by atoms with Crippen molar-refractivity contribution in [1.82, 2.24) is 9.55 Å². The Morgan fingerprint density at radius 3 is 2.65 bits per heavy atom. The van der Waals surface area contributed by atoms with E-state index in [4.69, 9.17) is 27.9 Å². The van der Waals surface area contributed by atoms with Gasteiger partial charge in [0.05, 0.1) is 23.0 Å². The minimum absolute atomic E-state index is 0.0556. The number of aryl methyl sites for hydroxylation is 1. The molecule has 2 heterocycles. The minimum atomic E-state index is -0.576. The standard InChI is InChI=1S/C23H17Cl2FN2O2S/c1-3-30-23(29)20-21(14-5-7-18(26)17(25)10-14)28(19-11-16(24)6-4-13(19)2)22(27-20)15-8-9-31-12-15/h4-12H,3H2,1-2H3. The molecule has 4 nitrogen and oxygen atoms in total. The molecule has 4 aromatic rings. The van der Waals surface area contributed by atoms with Crippen molar-refractivity contribution < 1.29 is 13.9 Å². The number of benzene rings is 2. The van der Waals surface area contributed by atoms with Gasteiger partial charge in [0.2, 0.25) is 0 Å². The van der Waals surface area contributed by atoms with Crippen molar-refractivity contribution in [3.8, 4) is 28.3 Å². The van der Waals surface area contributed by atoms with E-state index < -0.39 is 11.8 Å². The molecule has 2 aromatic carbocycles. The maximum atomic E-state index is 13.9. The average molecular weight is 475 g/mol. The van der Waals surface area contributed by atoms with E-state index in [9.17, 15) is 9.18 Å². The fraction of sp³-hybridized carbons (Fsp3) is 0.130. The van der Waals surface area contributed by atoms with Gasteiger partial charge in [0.1, 0.15) is 11.6 Å². The molecule has 0 fully saturated rings. The summed E-state index contributed by atoms with van der Waals surface area (Å²) in [5.41, 5.74) is 3.59. The van der Waals surface area contributed by atoms with Gasteiger partial charge in [0, 0.05) is 21.5 Å². The van der Waals surface area contributed by atoms with Crippen LogP contribution in [-0.4, -0.2) is 22.1 Å². The van der Waals surface area contributed by atoms with Crippen LogP contribution in [0.15, 0.2) is 53.2 Å². The SMILES string of the molecule is CCOC(=O)c1nc(-c2ccsc2)n(-c2cc(Cl)ccc2C)c1-c1ccc(F)c(Cl)c1. The third kappa shape index (κ3) is 4.11. The molecular weight excluding hydrogens is 458 g/mol. The summed E-state index contributed by atoms with van der Waals surface area (Å²) in [5.74, 6) is -0.580. The molecule has 0 spiro atoms. The zero-order valence-corrected chi connectivity index (χ0v) is 19.0. The molecule has 31 heavy (non-hydrogen) atoms. The van der Waals surface area contributed by atoms with Crippen LogP contribution < -0.4 is 0 Å². The fourth-order valence-corrected chi connectivity index (χ4v) is 4.30. The Labute approximate surface area is 192 Å². The monoisotopic (exact) mass is 474 g/mol. The molecule has 4 rings (SSSR count). The van der Waals surface area contributed by atoms with Crippen LogP contribution in [0.2, 0.25) is 10.0 Å². The van der Waals surface area contributed by atoms with Gasteiger partial charge in [-0.3, -0.25) is 4.57 Å². The molecule has 0 N–H and O–H groups in total.